The first kappa shape index (κ1) is 25.5. The Morgan fingerprint density at radius 1 is 1.13 bits per heavy atom. The molecule has 1 aromatic carbocycles. The number of amidine groups is 1. The van der Waals surface area contributed by atoms with Gasteiger partial charge in [0.1, 0.15) is 12.1 Å². The molecule has 0 radical (unpaired) electrons. The van der Waals surface area contributed by atoms with Gasteiger partial charge in [-0.05, 0) is 49.2 Å². The highest BCUT2D eigenvalue weighted by Gasteiger charge is 2.71. The zero-order valence-corrected chi connectivity index (χ0v) is 21.4. The highest BCUT2D eigenvalue weighted by Crippen LogP contribution is 2.68. The van der Waals surface area contributed by atoms with Crippen molar-refractivity contribution in [2.75, 3.05) is 0 Å². The maximum Gasteiger partial charge on any atom is 0.253 e. The number of hydrogen-bond donors (Lipinski definition) is 1. The van der Waals surface area contributed by atoms with Crippen LogP contribution < -0.4 is 10.5 Å². The Labute approximate surface area is 225 Å². The summed E-state index contributed by atoms with van der Waals surface area (Å²) in [6.07, 6.45) is 2.20. The van der Waals surface area contributed by atoms with Gasteiger partial charge >= 0.3 is 0 Å². The summed E-state index contributed by atoms with van der Waals surface area (Å²) in [6, 6.07) is 9.69. The first-order valence-corrected chi connectivity index (χ1v) is 13.0. The molecule has 7 nitrogen and oxygen atoms in total. The molecule has 0 unspecified atom stereocenters. The van der Waals surface area contributed by atoms with E-state index in [0.29, 0.717) is 28.2 Å². The number of aromatic nitrogens is 4. The van der Waals surface area contributed by atoms with Crippen molar-refractivity contribution in [1.29, 1.82) is 0 Å². The van der Waals surface area contributed by atoms with Gasteiger partial charge in [-0.1, -0.05) is 17.8 Å². The van der Waals surface area contributed by atoms with Gasteiger partial charge in [-0.3, -0.25) is 15.0 Å². The predicted molar refractivity (Wildman–Crippen MR) is 138 cm³/mol. The van der Waals surface area contributed by atoms with Crippen LogP contribution in [-0.2, 0) is 18.6 Å². The average Bonchev–Trinajstić information content (AvgIpc) is 3.67. The smallest absolute Gasteiger partial charge is 0.253 e. The molecule has 3 aromatic heterocycles. The topological polar surface area (TPSA) is 99.2 Å². The Kier molecular flexibility index (Phi) is 6.17. The predicted octanol–water partition coefficient (Wildman–Crippen LogP) is 5.17. The summed E-state index contributed by atoms with van der Waals surface area (Å²) in [4.78, 5) is 21.9. The number of fused-ring (bicyclic) bond motifs is 2. The van der Waals surface area contributed by atoms with Crippen LogP contribution in [0.1, 0.15) is 35.9 Å². The van der Waals surface area contributed by atoms with Gasteiger partial charge in [0.25, 0.3) is 6.43 Å². The van der Waals surface area contributed by atoms with Crippen LogP contribution in [0.4, 0.5) is 17.6 Å². The van der Waals surface area contributed by atoms with E-state index >= 15 is 4.39 Å². The second-order valence-electron chi connectivity index (χ2n) is 9.77. The molecule has 0 spiro atoms. The quantitative estimate of drug-likeness (QED) is 0.315. The number of nitrogens with two attached hydrogens (primary N) is 1. The second-order valence-corrected chi connectivity index (χ2v) is 11.2. The Balaban J connectivity index is 1.31. The van der Waals surface area contributed by atoms with Crippen LogP contribution in [-0.4, -0.2) is 36.3 Å². The summed E-state index contributed by atoms with van der Waals surface area (Å²) in [5, 5.41) is -0.0659. The molecule has 4 aromatic rings. The lowest BCUT2D eigenvalue weighted by atomic mass is 9.84. The summed E-state index contributed by atoms with van der Waals surface area (Å²) in [5.41, 5.74) is 6.93. The molecule has 0 saturated heterocycles. The molecule has 200 valence electrons. The number of halogens is 4. The molecule has 1 aliphatic heterocycles. The van der Waals surface area contributed by atoms with Crippen molar-refractivity contribution in [2.24, 2.45) is 16.6 Å². The Morgan fingerprint density at radius 2 is 1.97 bits per heavy atom. The molecule has 12 heteroatoms. The summed E-state index contributed by atoms with van der Waals surface area (Å²) >= 11 is 0.812. The molecule has 2 aliphatic rings. The van der Waals surface area contributed by atoms with E-state index in [9.17, 15) is 13.2 Å². The van der Waals surface area contributed by atoms with Crippen LogP contribution in [0, 0.1) is 17.6 Å². The Bertz CT molecular complexity index is 1610. The molecule has 1 aliphatic carbocycles. The SMILES string of the molecule is C[C@]1(c2cc(Cc3nccc4nc(OCc5ccccn5)cnc34)cc(F)c2F)N=C(N)S[C@@]2(C(F)F)C[C@@H]12. The van der Waals surface area contributed by atoms with E-state index in [2.05, 4.69) is 24.9 Å². The molecule has 1 fully saturated rings. The minimum absolute atomic E-state index is 0.0659. The van der Waals surface area contributed by atoms with Crippen LogP contribution in [0.2, 0.25) is 0 Å². The largest absolute Gasteiger partial charge is 0.470 e. The second kappa shape index (κ2) is 9.44. The molecule has 6 rings (SSSR count). The third-order valence-corrected chi connectivity index (χ3v) is 8.56. The van der Waals surface area contributed by atoms with E-state index in [1.807, 2.05) is 18.2 Å². The van der Waals surface area contributed by atoms with Crippen molar-refractivity contribution in [3.05, 3.63) is 89.1 Å². The third kappa shape index (κ3) is 4.46. The standard InChI is InChI=1S/C27H22F4N6OS/c1-26(20-11-27(20,24(30)31)39-25(32)37-26)16-8-14(9-17(28)22(16)29)10-19-23-18(5-7-34-19)36-21(12-35-23)38-13-15-4-2-3-6-33-15/h2-9,12,20,24H,10-11,13H2,1H3,(H2,32,37)/t20-,26+,27-/m0/s1. The van der Waals surface area contributed by atoms with E-state index in [1.54, 1.807) is 18.5 Å². The maximum atomic E-state index is 15.2. The first-order chi connectivity index (χ1) is 18.7. The summed E-state index contributed by atoms with van der Waals surface area (Å²) in [6.45, 7) is 1.75. The van der Waals surface area contributed by atoms with E-state index in [4.69, 9.17) is 10.5 Å². The first-order valence-electron chi connectivity index (χ1n) is 12.1. The average molecular weight is 555 g/mol. The number of hydrogen-bond acceptors (Lipinski definition) is 8. The van der Waals surface area contributed by atoms with Gasteiger partial charge in [0.15, 0.2) is 16.8 Å². The van der Waals surface area contributed by atoms with Crippen LogP contribution in [0.5, 0.6) is 5.88 Å². The molecule has 0 amide bonds. The minimum atomic E-state index is -2.67. The minimum Gasteiger partial charge on any atom is -0.470 e. The number of ether oxygens (including phenoxy) is 1. The highest BCUT2D eigenvalue weighted by atomic mass is 32.2. The van der Waals surface area contributed by atoms with E-state index in [1.165, 1.54) is 19.2 Å². The van der Waals surface area contributed by atoms with E-state index in [-0.39, 0.29) is 30.2 Å². The zero-order chi connectivity index (χ0) is 27.4. The Morgan fingerprint density at radius 3 is 2.74 bits per heavy atom. The molecule has 2 N–H and O–H groups in total. The number of rotatable bonds is 7. The maximum absolute atomic E-state index is 15.2. The lowest BCUT2D eigenvalue weighted by Crippen LogP contribution is -2.39. The van der Waals surface area contributed by atoms with Crippen molar-refractivity contribution in [1.82, 2.24) is 19.9 Å². The summed E-state index contributed by atoms with van der Waals surface area (Å²) < 4.78 is 62.1. The van der Waals surface area contributed by atoms with Crippen LogP contribution >= 0.6 is 11.8 Å². The molecule has 3 atom stereocenters. The molecule has 4 heterocycles. The number of aliphatic imine (C=N–C) groups is 1. The fraction of sp³-hybridized carbons (Fsp3) is 0.296. The lowest BCUT2D eigenvalue weighted by molar-refractivity contribution is 0.123. The number of alkyl halides is 2. The summed E-state index contributed by atoms with van der Waals surface area (Å²) in [5.74, 6) is -2.61. The molecule has 39 heavy (non-hydrogen) atoms. The van der Waals surface area contributed by atoms with Gasteiger partial charge in [0.05, 0.1) is 33.4 Å². The van der Waals surface area contributed by atoms with Crippen molar-refractivity contribution in [3.63, 3.8) is 0 Å². The molecular weight excluding hydrogens is 532 g/mol. The van der Waals surface area contributed by atoms with Crippen molar-refractivity contribution >= 4 is 28.0 Å². The van der Waals surface area contributed by atoms with Crippen molar-refractivity contribution in [2.45, 2.75) is 43.1 Å². The van der Waals surface area contributed by atoms with E-state index in [0.717, 1.165) is 23.5 Å². The van der Waals surface area contributed by atoms with Gasteiger partial charge in [0.2, 0.25) is 5.88 Å². The normalized spacial score (nSPS) is 23.9. The zero-order valence-electron chi connectivity index (χ0n) is 20.6. The number of pyridine rings is 2. The van der Waals surface area contributed by atoms with Gasteiger partial charge in [-0.15, -0.1) is 0 Å². The van der Waals surface area contributed by atoms with Crippen molar-refractivity contribution in [3.8, 4) is 5.88 Å². The van der Waals surface area contributed by atoms with Crippen LogP contribution in [0.15, 0.2) is 60.0 Å². The van der Waals surface area contributed by atoms with E-state index < -0.39 is 34.3 Å². The monoisotopic (exact) mass is 554 g/mol. The fourth-order valence-electron chi connectivity index (χ4n) is 5.23. The number of nitrogens with zero attached hydrogens (tertiary/aromatic N) is 5. The number of thioether (sulfide) groups is 1. The lowest BCUT2D eigenvalue weighted by Gasteiger charge is -2.34. The third-order valence-electron chi connectivity index (χ3n) is 7.25. The van der Waals surface area contributed by atoms with Gasteiger partial charge in [-0.25, -0.2) is 27.5 Å². The number of benzene rings is 1. The molecule has 0 bridgehead atoms. The fourth-order valence-corrected chi connectivity index (χ4v) is 6.56. The van der Waals surface area contributed by atoms with Crippen LogP contribution in [0.3, 0.4) is 0 Å². The molecular formula is C27H22F4N6OS. The van der Waals surface area contributed by atoms with Crippen molar-refractivity contribution < 1.29 is 22.3 Å². The highest BCUT2D eigenvalue weighted by molar-refractivity contribution is 8.15. The van der Waals surface area contributed by atoms with Crippen LogP contribution in [0.25, 0.3) is 11.0 Å². The van der Waals surface area contributed by atoms with Gasteiger partial charge < -0.3 is 10.5 Å². The van der Waals surface area contributed by atoms with Gasteiger partial charge in [0, 0.05) is 30.3 Å². The Hall–Kier alpha value is -3.80. The van der Waals surface area contributed by atoms with Gasteiger partial charge in [-0.2, -0.15) is 0 Å². The molecule has 1 saturated carbocycles. The summed E-state index contributed by atoms with van der Waals surface area (Å²) in [7, 11) is 0.